The molecule has 0 aromatic carbocycles. The first-order valence-corrected chi connectivity index (χ1v) is 11.4. The minimum absolute atomic E-state index is 0.00721. The van der Waals surface area contributed by atoms with E-state index in [1.807, 2.05) is 13.0 Å². The highest BCUT2D eigenvalue weighted by Gasteiger charge is 2.18. The van der Waals surface area contributed by atoms with Gasteiger partial charge in [0.1, 0.15) is 22.5 Å². The van der Waals surface area contributed by atoms with Crippen molar-refractivity contribution in [2.45, 2.75) is 52.5 Å². The molecule has 0 fully saturated rings. The van der Waals surface area contributed by atoms with Crippen LogP contribution in [0.15, 0.2) is 52.0 Å². The quantitative estimate of drug-likeness (QED) is 0.301. The Morgan fingerprint density at radius 3 is 2.73 bits per heavy atom. The van der Waals surface area contributed by atoms with Gasteiger partial charge in [0.25, 0.3) is 11.5 Å². The topological polar surface area (TPSA) is 105 Å². The van der Waals surface area contributed by atoms with Gasteiger partial charge in [-0.15, -0.1) is 0 Å². The molecule has 0 aliphatic heterocycles. The first-order valence-electron chi connectivity index (χ1n) is 11.4. The number of hydrogen-bond acceptors (Lipinski definition) is 5. The Balaban J connectivity index is 1.79. The average Bonchev–Trinajstić information content (AvgIpc) is 3.32. The van der Waals surface area contributed by atoms with Crippen LogP contribution in [0.3, 0.4) is 0 Å². The molecule has 0 saturated carbocycles. The van der Waals surface area contributed by atoms with Crippen LogP contribution in [-0.4, -0.2) is 26.4 Å². The van der Waals surface area contributed by atoms with Crippen LogP contribution >= 0.6 is 0 Å². The van der Waals surface area contributed by atoms with Gasteiger partial charge in [0.15, 0.2) is 0 Å². The number of aromatic nitrogens is 3. The molecule has 2 N–H and O–H groups in total. The Morgan fingerprint density at radius 2 is 1.97 bits per heavy atom. The van der Waals surface area contributed by atoms with Crippen LogP contribution in [0.5, 0.6) is 0 Å². The Kier molecular flexibility index (Phi) is 6.72. The van der Waals surface area contributed by atoms with Crippen LogP contribution in [0.1, 0.15) is 60.7 Å². The summed E-state index contributed by atoms with van der Waals surface area (Å²) in [5, 5.41) is 12.0. The standard InChI is InChI=1S/C25H29N5O3/c1-3-4-5-6-7-12-27-24(31)19-15-20-23(30(21(19)26)16-18-11-9-14-33-18)28-22-17(2)10-8-13-29(22)25(20)32/h8-11,13-15,26H,3-7,12,16H2,1-2H3,(H,27,31). The summed E-state index contributed by atoms with van der Waals surface area (Å²) in [6.07, 6.45) is 8.65. The van der Waals surface area contributed by atoms with Crippen molar-refractivity contribution in [2.75, 3.05) is 6.54 Å². The predicted molar refractivity (Wildman–Crippen MR) is 126 cm³/mol. The van der Waals surface area contributed by atoms with Crippen molar-refractivity contribution in [1.29, 1.82) is 5.41 Å². The molecule has 8 heteroatoms. The van der Waals surface area contributed by atoms with Crippen LogP contribution in [-0.2, 0) is 6.54 Å². The molecule has 172 valence electrons. The predicted octanol–water partition coefficient (Wildman–Crippen LogP) is 3.78. The molecule has 4 rings (SSSR count). The molecule has 0 aliphatic rings. The number of hydrogen-bond donors (Lipinski definition) is 2. The molecular formula is C25H29N5O3. The maximum atomic E-state index is 13.3. The summed E-state index contributed by atoms with van der Waals surface area (Å²) in [6, 6.07) is 8.72. The van der Waals surface area contributed by atoms with Crippen LogP contribution in [0, 0.1) is 12.3 Å². The van der Waals surface area contributed by atoms with Crippen molar-refractivity contribution in [3.63, 3.8) is 0 Å². The summed E-state index contributed by atoms with van der Waals surface area (Å²) in [4.78, 5) is 31.0. The first-order chi connectivity index (χ1) is 16.0. The van der Waals surface area contributed by atoms with E-state index >= 15 is 0 Å². The number of unbranched alkanes of at least 4 members (excludes halogenated alkanes) is 4. The van der Waals surface area contributed by atoms with Gasteiger partial charge in [-0.2, -0.15) is 0 Å². The lowest BCUT2D eigenvalue weighted by Crippen LogP contribution is -2.35. The molecule has 0 spiro atoms. The van der Waals surface area contributed by atoms with Crippen LogP contribution in [0.4, 0.5) is 0 Å². The number of fused-ring (bicyclic) bond motifs is 2. The number of carbonyl (C=O) groups excluding carboxylic acids is 1. The summed E-state index contributed by atoms with van der Waals surface area (Å²) in [6.45, 7) is 4.77. The Labute approximate surface area is 191 Å². The van der Waals surface area contributed by atoms with Gasteiger partial charge in [-0.3, -0.25) is 19.4 Å². The monoisotopic (exact) mass is 447 g/mol. The zero-order valence-corrected chi connectivity index (χ0v) is 19.1. The van der Waals surface area contributed by atoms with E-state index in [-0.39, 0.29) is 34.4 Å². The van der Waals surface area contributed by atoms with Crippen molar-refractivity contribution in [2.24, 2.45) is 0 Å². The van der Waals surface area contributed by atoms with E-state index in [2.05, 4.69) is 12.2 Å². The lowest BCUT2D eigenvalue weighted by atomic mass is 10.1. The van der Waals surface area contributed by atoms with Gasteiger partial charge in [-0.05, 0) is 43.2 Å². The van der Waals surface area contributed by atoms with Crippen molar-refractivity contribution in [3.05, 3.63) is 75.5 Å². The smallest absolute Gasteiger partial charge is 0.267 e. The Hall–Kier alpha value is -3.68. The SMILES string of the molecule is CCCCCCCNC(=O)c1cc2c(=O)n3cccc(C)c3nc2n(Cc2ccco2)c1=N. The Bertz CT molecular complexity index is 1400. The normalized spacial score (nSPS) is 11.3. The van der Waals surface area contributed by atoms with E-state index in [9.17, 15) is 9.59 Å². The summed E-state index contributed by atoms with van der Waals surface area (Å²) in [5.41, 5.74) is 1.58. The van der Waals surface area contributed by atoms with E-state index in [1.54, 1.807) is 35.2 Å². The number of amides is 1. The van der Waals surface area contributed by atoms with Crippen LogP contribution in [0.25, 0.3) is 16.7 Å². The van der Waals surface area contributed by atoms with E-state index in [0.717, 1.165) is 24.8 Å². The zero-order chi connectivity index (χ0) is 23.4. The van der Waals surface area contributed by atoms with E-state index < -0.39 is 0 Å². The van der Waals surface area contributed by atoms with E-state index in [1.165, 1.54) is 23.3 Å². The molecule has 8 nitrogen and oxygen atoms in total. The number of rotatable bonds is 9. The second-order valence-corrected chi connectivity index (χ2v) is 8.28. The number of carbonyl (C=O) groups is 1. The number of pyridine rings is 2. The highest BCUT2D eigenvalue weighted by molar-refractivity contribution is 5.96. The highest BCUT2D eigenvalue weighted by atomic mass is 16.3. The average molecular weight is 448 g/mol. The fourth-order valence-corrected chi connectivity index (χ4v) is 4.01. The summed E-state index contributed by atoms with van der Waals surface area (Å²) in [7, 11) is 0. The van der Waals surface area contributed by atoms with Gasteiger partial charge in [0.2, 0.25) is 0 Å². The third kappa shape index (κ3) is 4.60. The molecule has 0 radical (unpaired) electrons. The number of nitrogens with zero attached hydrogens (tertiary/aromatic N) is 3. The van der Waals surface area contributed by atoms with Gasteiger partial charge in [0.05, 0.1) is 23.8 Å². The maximum Gasteiger partial charge on any atom is 0.267 e. The third-order valence-corrected chi connectivity index (χ3v) is 5.84. The molecule has 0 atom stereocenters. The van der Waals surface area contributed by atoms with E-state index in [0.29, 0.717) is 23.6 Å². The minimum Gasteiger partial charge on any atom is -0.467 e. The molecule has 4 aromatic rings. The fourth-order valence-electron chi connectivity index (χ4n) is 4.01. The molecule has 0 bridgehead atoms. The lowest BCUT2D eigenvalue weighted by Gasteiger charge is -2.14. The molecule has 0 aliphatic carbocycles. The summed E-state index contributed by atoms with van der Waals surface area (Å²) >= 11 is 0. The van der Waals surface area contributed by atoms with Crippen molar-refractivity contribution in [1.82, 2.24) is 19.3 Å². The van der Waals surface area contributed by atoms with Gasteiger partial charge >= 0.3 is 0 Å². The summed E-state index contributed by atoms with van der Waals surface area (Å²) in [5.74, 6) is 0.245. The van der Waals surface area contributed by atoms with Gasteiger partial charge < -0.3 is 14.3 Å². The largest absolute Gasteiger partial charge is 0.467 e. The molecular weight excluding hydrogens is 418 g/mol. The van der Waals surface area contributed by atoms with Crippen LogP contribution < -0.4 is 16.4 Å². The fraction of sp³-hybridized carbons (Fsp3) is 0.360. The molecule has 4 heterocycles. The van der Waals surface area contributed by atoms with E-state index in [4.69, 9.17) is 14.8 Å². The number of furan rings is 1. The molecule has 33 heavy (non-hydrogen) atoms. The minimum atomic E-state index is -0.362. The van der Waals surface area contributed by atoms with Crippen LogP contribution in [0.2, 0.25) is 0 Å². The highest BCUT2D eigenvalue weighted by Crippen LogP contribution is 2.14. The lowest BCUT2D eigenvalue weighted by molar-refractivity contribution is 0.0950. The second kappa shape index (κ2) is 9.85. The second-order valence-electron chi connectivity index (χ2n) is 8.28. The number of aryl methyl sites for hydroxylation is 1. The molecule has 4 aromatic heterocycles. The van der Waals surface area contributed by atoms with Crippen molar-refractivity contribution >= 4 is 22.6 Å². The Morgan fingerprint density at radius 1 is 1.15 bits per heavy atom. The van der Waals surface area contributed by atoms with Crippen molar-refractivity contribution in [3.8, 4) is 0 Å². The molecule has 0 unspecified atom stereocenters. The third-order valence-electron chi connectivity index (χ3n) is 5.84. The number of nitrogens with one attached hydrogen (secondary N) is 2. The van der Waals surface area contributed by atoms with Crippen molar-refractivity contribution < 1.29 is 9.21 Å². The van der Waals surface area contributed by atoms with Gasteiger partial charge in [-0.1, -0.05) is 38.7 Å². The molecule has 0 saturated heterocycles. The summed E-state index contributed by atoms with van der Waals surface area (Å²) < 4.78 is 8.53. The van der Waals surface area contributed by atoms with Gasteiger partial charge in [0, 0.05) is 12.7 Å². The zero-order valence-electron chi connectivity index (χ0n) is 19.1. The molecule has 1 amide bonds. The maximum absolute atomic E-state index is 13.3. The first kappa shape index (κ1) is 22.5. The van der Waals surface area contributed by atoms with Gasteiger partial charge in [-0.25, -0.2) is 4.98 Å².